The molecule has 1 aromatic heterocycles. The summed E-state index contributed by atoms with van der Waals surface area (Å²) in [4.78, 5) is 1.49. The maximum atomic E-state index is 3.60. The van der Waals surface area contributed by atoms with Gasteiger partial charge in [0.15, 0.2) is 0 Å². The minimum atomic E-state index is 0.534. The summed E-state index contributed by atoms with van der Waals surface area (Å²) in [6.45, 7) is 1.19. The number of nitrogens with one attached hydrogen (secondary N) is 1. The summed E-state index contributed by atoms with van der Waals surface area (Å²) in [7, 11) is 0. The smallest absolute Gasteiger partial charge is 0.102 e. The average Bonchev–Trinajstić information content (AvgIpc) is 2.66. The lowest BCUT2D eigenvalue weighted by Crippen LogP contribution is -2.37. The first-order valence-corrected chi connectivity index (χ1v) is 7.08. The number of fused-ring (bicyclic) bond motifs is 1. The largest absolute Gasteiger partial charge is 0.375 e. The molecule has 0 aromatic carbocycles. The predicted octanol–water partition coefficient (Wildman–Crippen LogP) is 3.97. The zero-order chi connectivity index (χ0) is 9.43. The van der Waals surface area contributed by atoms with Crippen LogP contribution in [0.2, 0.25) is 0 Å². The number of thioether (sulfide) groups is 1. The molecule has 1 saturated carbocycles. The fourth-order valence-corrected chi connectivity index (χ4v) is 4.93. The highest BCUT2D eigenvalue weighted by Gasteiger charge is 2.36. The van der Waals surface area contributed by atoms with Crippen molar-refractivity contribution in [3.63, 3.8) is 0 Å². The minimum absolute atomic E-state index is 0.534. The van der Waals surface area contributed by atoms with E-state index < -0.39 is 0 Å². The molecule has 76 valence electrons. The van der Waals surface area contributed by atoms with Gasteiger partial charge in [0.05, 0.1) is 0 Å². The Hall–Kier alpha value is -0.150. The van der Waals surface area contributed by atoms with Gasteiger partial charge in [-0.2, -0.15) is 0 Å². The molecule has 3 rings (SSSR count). The normalized spacial score (nSPS) is 24.3. The number of hydrogen-bond acceptors (Lipinski definition) is 3. The van der Waals surface area contributed by atoms with Crippen LogP contribution in [0.25, 0.3) is 0 Å². The van der Waals surface area contributed by atoms with Gasteiger partial charge in [0, 0.05) is 16.2 Å². The highest BCUT2D eigenvalue weighted by molar-refractivity contribution is 8.01. The highest BCUT2D eigenvalue weighted by atomic mass is 32.2. The second-order valence-electron chi connectivity index (χ2n) is 4.31. The molecule has 1 spiro atoms. The Morgan fingerprint density at radius 1 is 1.21 bits per heavy atom. The van der Waals surface area contributed by atoms with E-state index in [9.17, 15) is 0 Å². The Kier molecular flexibility index (Phi) is 2.25. The predicted molar refractivity (Wildman–Crippen MR) is 64.5 cm³/mol. The fourth-order valence-electron chi connectivity index (χ4n) is 2.49. The van der Waals surface area contributed by atoms with Gasteiger partial charge < -0.3 is 5.32 Å². The third kappa shape index (κ3) is 1.47. The lowest BCUT2D eigenvalue weighted by Gasteiger charge is -2.39. The van der Waals surface area contributed by atoms with E-state index in [2.05, 4.69) is 28.5 Å². The summed E-state index contributed by atoms with van der Waals surface area (Å²) in [6.07, 6.45) is 7.10. The van der Waals surface area contributed by atoms with Crippen molar-refractivity contribution in [2.24, 2.45) is 0 Å². The molecule has 0 saturated heterocycles. The molecule has 1 N–H and O–H groups in total. The molecule has 1 aliphatic heterocycles. The van der Waals surface area contributed by atoms with E-state index in [4.69, 9.17) is 0 Å². The Balaban J connectivity index is 1.85. The van der Waals surface area contributed by atoms with E-state index in [1.165, 1.54) is 48.5 Å². The summed E-state index contributed by atoms with van der Waals surface area (Å²) in [6, 6.07) is 2.27. The molecule has 2 heterocycles. The van der Waals surface area contributed by atoms with E-state index in [-0.39, 0.29) is 0 Å². The third-order valence-electron chi connectivity index (χ3n) is 3.29. The second kappa shape index (κ2) is 3.46. The zero-order valence-corrected chi connectivity index (χ0v) is 9.85. The fraction of sp³-hybridized carbons (Fsp3) is 0.636. The van der Waals surface area contributed by atoms with Gasteiger partial charge in [-0.3, -0.25) is 0 Å². The standard InChI is InChI=1S/C11H15NS2/c1-2-5-11(6-3-1)8-12-10-9(14-11)4-7-13-10/h4,7,12H,1-3,5-6,8H2. The van der Waals surface area contributed by atoms with Crippen molar-refractivity contribution in [2.45, 2.75) is 41.7 Å². The summed E-state index contributed by atoms with van der Waals surface area (Å²) in [5.74, 6) is 0. The Labute approximate surface area is 93.3 Å². The Morgan fingerprint density at radius 3 is 2.93 bits per heavy atom. The number of anilines is 1. The van der Waals surface area contributed by atoms with Crippen LogP contribution in [0.5, 0.6) is 0 Å². The van der Waals surface area contributed by atoms with Crippen LogP contribution in [0.4, 0.5) is 5.00 Å². The second-order valence-corrected chi connectivity index (χ2v) is 6.74. The zero-order valence-electron chi connectivity index (χ0n) is 8.21. The summed E-state index contributed by atoms with van der Waals surface area (Å²) >= 11 is 3.98. The SMILES string of the molecule is c1cc2c(s1)NCC1(CCCCC1)S2. The van der Waals surface area contributed by atoms with Gasteiger partial charge in [0.25, 0.3) is 0 Å². The Bertz CT molecular complexity index is 326. The van der Waals surface area contributed by atoms with Crippen molar-refractivity contribution in [3.8, 4) is 0 Å². The van der Waals surface area contributed by atoms with E-state index in [1.54, 1.807) is 0 Å². The molecular weight excluding hydrogens is 210 g/mol. The first-order chi connectivity index (χ1) is 6.88. The minimum Gasteiger partial charge on any atom is -0.375 e. The molecule has 1 fully saturated rings. The molecule has 0 unspecified atom stereocenters. The average molecular weight is 225 g/mol. The topological polar surface area (TPSA) is 12.0 Å². The van der Waals surface area contributed by atoms with Crippen LogP contribution in [0, 0.1) is 0 Å². The van der Waals surface area contributed by atoms with Crippen LogP contribution >= 0.6 is 23.1 Å². The molecule has 14 heavy (non-hydrogen) atoms. The van der Waals surface area contributed by atoms with Crippen molar-refractivity contribution in [1.29, 1.82) is 0 Å². The van der Waals surface area contributed by atoms with Gasteiger partial charge in [-0.25, -0.2) is 0 Å². The monoisotopic (exact) mass is 225 g/mol. The molecule has 1 nitrogen and oxygen atoms in total. The van der Waals surface area contributed by atoms with Crippen molar-refractivity contribution in [3.05, 3.63) is 11.4 Å². The van der Waals surface area contributed by atoms with Gasteiger partial charge >= 0.3 is 0 Å². The van der Waals surface area contributed by atoms with Crippen molar-refractivity contribution in [1.82, 2.24) is 0 Å². The highest BCUT2D eigenvalue weighted by Crippen LogP contribution is 2.50. The van der Waals surface area contributed by atoms with E-state index in [0.717, 1.165) is 0 Å². The third-order valence-corrected chi connectivity index (χ3v) is 5.84. The lowest BCUT2D eigenvalue weighted by molar-refractivity contribution is 0.409. The molecule has 0 amide bonds. The van der Waals surface area contributed by atoms with Gasteiger partial charge in [-0.05, 0) is 24.3 Å². The molecule has 1 aliphatic carbocycles. The van der Waals surface area contributed by atoms with Gasteiger partial charge in [-0.15, -0.1) is 23.1 Å². The van der Waals surface area contributed by atoms with Crippen molar-refractivity contribution in [2.75, 3.05) is 11.9 Å². The van der Waals surface area contributed by atoms with Crippen molar-refractivity contribution < 1.29 is 0 Å². The molecular formula is C11H15NS2. The summed E-state index contributed by atoms with van der Waals surface area (Å²) < 4.78 is 0.534. The molecule has 1 aromatic rings. The van der Waals surface area contributed by atoms with Gasteiger partial charge in [0.2, 0.25) is 0 Å². The van der Waals surface area contributed by atoms with Gasteiger partial charge in [0.1, 0.15) is 5.00 Å². The molecule has 0 bridgehead atoms. The van der Waals surface area contributed by atoms with Crippen LogP contribution in [0.3, 0.4) is 0 Å². The van der Waals surface area contributed by atoms with Crippen LogP contribution in [0.15, 0.2) is 16.3 Å². The van der Waals surface area contributed by atoms with Crippen LogP contribution < -0.4 is 5.32 Å². The molecule has 0 atom stereocenters. The number of hydrogen-bond donors (Lipinski definition) is 1. The van der Waals surface area contributed by atoms with Gasteiger partial charge in [-0.1, -0.05) is 19.3 Å². The first-order valence-electron chi connectivity index (χ1n) is 5.38. The van der Waals surface area contributed by atoms with E-state index in [0.29, 0.717) is 4.75 Å². The van der Waals surface area contributed by atoms with E-state index >= 15 is 0 Å². The molecule has 2 aliphatic rings. The summed E-state index contributed by atoms with van der Waals surface area (Å²) in [5.41, 5.74) is 0. The lowest BCUT2D eigenvalue weighted by atomic mass is 9.88. The first kappa shape index (κ1) is 9.10. The van der Waals surface area contributed by atoms with Crippen LogP contribution in [-0.2, 0) is 0 Å². The number of rotatable bonds is 0. The number of thiophene rings is 1. The van der Waals surface area contributed by atoms with Crippen LogP contribution in [-0.4, -0.2) is 11.3 Å². The molecule has 3 heteroatoms. The quantitative estimate of drug-likeness (QED) is 0.717. The van der Waals surface area contributed by atoms with Crippen LogP contribution in [0.1, 0.15) is 32.1 Å². The van der Waals surface area contributed by atoms with Crippen molar-refractivity contribution >= 4 is 28.1 Å². The summed E-state index contributed by atoms with van der Waals surface area (Å²) in [5, 5.41) is 7.20. The van der Waals surface area contributed by atoms with E-state index in [1.807, 2.05) is 11.3 Å². The Morgan fingerprint density at radius 2 is 2.07 bits per heavy atom. The maximum Gasteiger partial charge on any atom is 0.102 e. The maximum absolute atomic E-state index is 3.60. The molecule has 0 radical (unpaired) electrons.